The molecule has 0 saturated heterocycles. The summed E-state index contributed by atoms with van der Waals surface area (Å²) in [5.41, 5.74) is 0.979. The topological polar surface area (TPSA) is 32.3 Å². The lowest BCUT2D eigenvalue weighted by Crippen LogP contribution is -2.40. The summed E-state index contributed by atoms with van der Waals surface area (Å²) in [4.78, 5) is 13.9. The van der Waals surface area contributed by atoms with Crippen molar-refractivity contribution >= 4 is 28.9 Å². The molecule has 0 aromatic heterocycles. The fraction of sp³-hybridized carbons (Fsp3) is 0.636. The van der Waals surface area contributed by atoms with Gasteiger partial charge < -0.3 is 10.2 Å². The number of amides is 1. The monoisotopic (exact) mass is 376 g/mol. The molecule has 0 unspecified atom stereocenters. The standard InChI is InChI=1S/C22H36N2OS/c1-3-4-5-6-7-8-9-10-11-12-16-19-21(25)23-22(26)24(2)20-17-14-13-15-18-20/h13-15,17-18H,3-12,16,19H2,1-2H3,(H,23,25,26). The van der Waals surface area contributed by atoms with Gasteiger partial charge in [0, 0.05) is 19.2 Å². The van der Waals surface area contributed by atoms with Crippen molar-refractivity contribution in [1.29, 1.82) is 0 Å². The van der Waals surface area contributed by atoms with Crippen LogP contribution in [-0.4, -0.2) is 18.1 Å². The third-order valence-electron chi connectivity index (χ3n) is 4.70. The molecule has 4 heteroatoms. The SMILES string of the molecule is CCCCCCCCCCCCCC(=O)NC(=S)N(C)c1ccccc1. The van der Waals surface area contributed by atoms with Crippen molar-refractivity contribution < 1.29 is 4.79 Å². The van der Waals surface area contributed by atoms with E-state index in [4.69, 9.17) is 12.2 Å². The number of para-hydroxylation sites is 1. The molecule has 146 valence electrons. The molecule has 0 atom stereocenters. The van der Waals surface area contributed by atoms with Gasteiger partial charge in [0.05, 0.1) is 0 Å². The van der Waals surface area contributed by atoms with Crippen molar-refractivity contribution in [2.75, 3.05) is 11.9 Å². The molecule has 0 aliphatic carbocycles. The van der Waals surface area contributed by atoms with Gasteiger partial charge in [0.1, 0.15) is 0 Å². The Kier molecular flexibility index (Phi) is 12.8. The van der Waals surface area contributed by atoms with Gasteiger partial charge in [-0.1, -0.05) is 89.3 Å². The zero-order valence-electron chi connectivity index (χ0n) is 16.6. The van der Waals surface area contributed by atoms with Gasteiger partial charge in [-0.2, -0.15) is 0 Å². The van der Waals surface area contributed by atoms with Crippen LogP contribution >= 0.6 is 12.2 Å². The summed E-state index contributed by atoms with van der Waals surface area (Å²) in [5, 5.41) is 3.29. The number of unbranched alkanes of at least 4 members (excludes halogenated alkanes) is 10. The molecule has 1 rings (SSSR count). The fourth-order valence-corrected chi connectivity index (χ4v) is 3.20. The van der Waals surface area contributed by atoms with E-state index in [9.17, 15) is 4.79 Å². The van der Waals surface area contributed by atoms with E-state index in [-0.39, 0.29) is 5.91 Å². The number of carbonyl (C=O) groups excluding carboxylic acids is 1. The Balaban J connectivity index is 2.00. The second-order valence-electron chi connectivity index (χ2n) is 7.03. The summed E-state index contributed by atoms with van der Waals surface area (Å²) in [6.07, 6.45) is 14.7. The second-order valence-corrected chi connectivity index (χ2v) is 7.42. The van der Waals surface area contributed by atoms with Crippen LogP contribution in [0.1, 0.15) is 84.0 Å². The van der Waals surface area contributed by atoms with Gasteiger partial charge >= 0.3 is 0 Å². The summed E-state index contributed by atoms with van der Waals surface area (Å²) < 4.78 is 0. The molecule has 0 saturated carbocycles. The van der Waals surface area contributed by atoms with Gasteiger partial charge in [-0.15, -0.1) is 0 Å². The molecule has 26 heavy (non-hydrogen) atoms. The Morgan fingerprint density at radius 2 is 1.38 bits per heavy atom. The van der Waals surface area contributed by atoms with Crippen LogP contribution < -0.4 is 10.2 Å². The van der Waals surface area contributed by atoms with Crippen LogP contribution in [0.5, 0.6) is 0 Å². The largest absolute Gasteiger partial charge is 0.322 e. The highest BCUT2D eigenvalue weighted by Crippen LogP contribution is 2.13. The molecule has 1 aromatic carbocycles. The summed E-state index contributed by atoms with van der Waals surface area (Å²) in [6.45, 7) is 2.26. The number of thiocarbonyl (C=S) groups is 1. The van der Waals surface area contributed by atoms with Gasteiger partial charge in [0.15, 0.2) is 5.11 Å². The lowest BCUT2D eigenvalue weighted by molar-refractivity contribution is -0.119. The fourth-order valence-electron chi connectivity index (χ4n) is 2.98. The highest BCUT2D eigenvalue weighted by atomic mass is 32.1. The molecule has 0 heterocycles. The maximum absolute atomic E-state index is 12.0. The predicted molar refractivity (Wildman–Crippen MR) is 117 cm³/mol. The molecular weight excluding hydrogens is 340 g/mol. The van der Waals surface area contributed by atoms with Crippen LogP contribution in [-0.2, 0) is 4.79 Å². The molecule has 0 aliphatic rings. The van der Waals surface area contributed by atoms with E-state index < -0.39 is 0 Å². The number of nitrogens with one attached hydrogen (secondary N) is 1. The van der Waals surface area contributed by atoms with Crippen molar-refractivity contribution in [1.82, 2.24) is 5.32 Å². The molecule has 0 fully saturated rings. The quantitative estimate of drug-likeness (QED) is 0.327. The van der Waals surface area contributed by atoms with Crippen molar-refractivity contribution in [3.63, 3.8) is 0 Å². The first-order valence-corrected chi connectivity index (χ1v) is 10.7. The van der Waals surface area contributed by atoms with E-state index in [2.05, 4.69) is 12.2 Å². The van der Waals surface area contributed by atoms with Crippen molar-refractivity contribution in [2.45, 2.75) is 84.0 Å². The summed E-state index contributed by atoms with van der Waals surface area (Å²) >= 11 is 5.32. The number of rotatable bonds is 13. The highest BCUT2D eigenvalue weighted by molar-refractivity contribution is 7.80. The predicted octanol–water partition coefficient (Wildman–Crippen LogP) is 6.23. The molecule has 3 nitrogen and oxygen atoms in total. The van der Waals surface area contributed by atoms with Crippen LogP contribution in [0.3, 0.4) is 0 Å². The van der Waals surface area contributed by atoms with Crippen molar-refractivity contribution in [3.05, 3.63) is 30.3 Å². The third-order valence-corrected chi connectivity index (χ3v) is 5.08. The zero-order valence-corrected chi connectivity index (χ0v) is 17.5. The van der Waals surface area contributed by atoms with Crippen LogP contribution in [0.15, 0.2) is 30.3 Å². The number of hydrogen-bond donors (Lipinski definition) is 1. The van der Waals surface area contributed by atoms with E-state index >= 15 is 0 Å². The maximum atomic E-state index is 12.0. The molecule has 0 spiro atoms. The van der Waals surface area contributed by atoms with Crippen LogP contribution in [0.2, 0.25) is 0 Å². The first-order chi connectivity index (χ1) is 12.6. The van der Waals surface area contributed by atoms with Crippen molar-refractivity contribution in [3.8, 4) is 0 Å². The van der Waals surface area contributed by atoms with E-state index in [0.717, 1.165) is 18.5 Å². The first-order valence-electron chi connectivity index (χ1n) is 10.3. The lowest BCUT2D eigenvalue weighted by Gasteiger charge is -2.20. The van der Waals surface area contributed by atoms with Crippen LogP contribution in [0, 0.1) is 0 Å². The lowest BCUT2D eigenvalue weighted by atomic mass is 10.1. The Morgan fingerprint density at radius 1 is 0.885 bits per heavy atom. The number of anilines is 1. The summed E-state index contributed by atoms with van der Waals surface area (Å²) in [7, 11) is 1.88. The first kappa shape index (κ1) is 22.6. The smallest absolute Gasteiger partial charge is 0.226 e. The minimum atomic E-state index is 0.0219. The second kappa shape index (κ2) is 14.7. The molecule has 0 radical (unpaired) electrons. The van der Waals surface area contributed by atoms with Crippen molar-refractivity contribution in [2.24, 2.45) is 0 Å². The maximum Gasteiger partial charge on any atom is 0.226 e. The summed E-state index contributed by atoms with van der Waals surface area (Å²) in [6, 6.07) is 9.83. The van der Waals surface area contributed by atoms with Gasteiger partial charge in [-0.3, -0.25) is 4.79 Å². The third kappa shape index (κ3) is 10.5. The molecule has 0 bridgehead atoms. The minimum Gasteiger partial charge on any atom is -0.322 e. The van der Waals surface area contributed by atoms with E-state index in [0.29, 0.717) is 11.5 Å². The molecular formula is C22H36N2OS. The van der Waals surface area contributed by atoms with E-state index in [1.54, 1.807) is 0 Å². The molecule has 1 amide bonds. The average molecular weight is 377 g/mol. The Labute approximate surface area is 165 Å². The number of hydrogen-bond acceptors (Lipinski definition) is 2. The number of benzene rings is 1. The molecule has 1 N–H and O–H groups in total. The van der Waals surface area contributed by atoms with Gasteiger partial charge in [-0.05, 0) is 30.8 Å². The zero-order chi connectivity index (χ0) is 19.0. The minimum absolute atomic E-state index is 0.0219. The number of carbonyl (C=O) groups is 1. The summed E-state index contributed by atoms with van der Waals surface area (Å²) in [5.74, 6) is 0.0219. The highest BCUT2D eigenvalue weighted by Gasteiger charge is 2.09. The Hall–Kier alpha value is -1.42. The van der Waals surface area contributed by atoms with Gasteiger partial charge in [0.2, 0.25) is 5.91 Å². The Bertz CT molecular complexity index is 504. The average Bonchev–Trinajstić information content (AvgIpc) is 2.66. The molecule has 0 aliphatic heterocycles. The van der Waals surface area contributed by atoms with E-state index in [1.165, 1.54) is 57.8 Å². The molecule has 1 aromatic rings. The van der Waals surface area contributed by atoms with Gasteiger partial charge in [0.25, 0.3) is 0 Å². The number of nitrogens with zero attached hydrogens (tertiary/aromatic N) is 1. The van der Waals surface area contributed by atoms with Crippen LogP contribution in [0.4, 0.5) is 5.69 Å². The van der Waals surface area contributed by atoms with E-state index in [1.807, 2.05) is 42.3 Å². The Morgan fingerprint density at radius 3 is 1.92 bits per heavy atom. The normalized spacial score (nSPS) is 10.5. The van der Waals surface area contributed by atoms with Gasteiger partial charge in [-0.25, -0.2) is 0 Å². The van der Waals surface area contributed by atoms with Crippen LogP contribution in [0.25, 0.3) is 0 Å².